The number of benzene rings is 2. The number of carbonyl (C=O) groups is 2. The Hall–Kier alpha value is -3.86. The minimum Gasteiger partial charge on any atom is -0.465 e. The van der Waals surface area contributed by atoms with E-state index in [9.17, 15) is 9.59 Å². The van der Waals surface area contributed by atoms with Crippen molar-refractivity contribution in [3.05, 3.63) is 105 Å². The van der Waals surface area contributed by atoms with E-state index in [4.69, 9.17) is 4.74 Å². The number of amides is 1. The summed E-state index contributed by atoms with van der Waals surface area (Å²) in [7, 11) is 1.35. The molecule has 1 aliphatic heterocycles. The Morgan fingerprint density at radius 3 is 2.17 bits per heavy atom. The predicted octanol–water partition coefficient (Wildman–Crippen LogP) is 5.89. The Morgan fingerprint density at radius 2 is 1.57 bits per heavy atom. The third-order valence-corrected chi connectivity index (χ3v) is 6.80. The average Bonchev–Trinajstić information content (AvgIpc) is 3.22. The maximum absolute atomic E-state index is 13.6. The van der Waals surface area contributed by atoms with Crippen molar-refractivity contribution in [1.82, 2.24) is 9.47 Å². The van der Waals surface area contributed by atoms with E-state index in [2.05, 4.69) is 49.6 Å². The number of aromatic nitrogens is 1. The number of methoxy groups -OCH3 is 1. The standard InChI is InChI=1S/C30H32N2O3/c1-18-11-13-24(14-12-18)17-31-23(6)27(30(34)35-7)26(29(31)33)16-25-15-21(4)32(22(25)5)28-19(2)9-8-10-20(28)3/h8-16H,17H2,1-7H3/b26-16-. The highest BCUT2D eigenvalue weighted by Gasteiger charge is 2.37. The monoisotopic (exact) mass is 468 g/mol. The summed E-state index contributed by atoms with van der Waals surface area (Å²) in [4.78, 5) is 28.0. The Balaban J connectivity index is 1.80. The molecule has 4 rings (SSSR count). The highest BCUT2D eigenvalue weighted by Crippen LogP contribution is 2.34. The van der Waals surface area contributed by atoms with E-state index in [-0.39, 0.29) is 5.91 Å². The molecule has 0 atom stereocenters. The molecule has 0 radical (unpaired) electrons. The summed E-state index contributed by atoms with van der Waals surface area (Å²) in [5.74, 6) is -0.697. The van der Waals surface area contributed by atoms with Crippen molar-refractivity contribution >= 4 is 18.0 Å². The largest absolute Gasteiger partial charge is 0.465 e. The fourth-order valence-electron chi connectivity index (χ4n) is 4.89. The Kier molecular flexibility index (Phi) is 6.53. The molecule has 1 aliphatic rings. The van der Waals surface area contributed by atoms with E-state index in [1.54, 1.807) is 11.8 Å². The molecule has 3 aromatic rings. The van der Waals surface area contributed by atoms with Crippen LogP contribution in [0.1, 0.15) is 46.1 Å². The van der Waals surface area contributed by atoms with Gasteiger partial charge in [0.15, 0.2) is 0 Å². The lowest BCUT2D eigenvalue weighted by molar-refractivity contribution is -0.136. The van der Waals surface area contributed by atoms with Crippen LogP contribution in [-0.2, 0) is 20.9 Å². The molecule has 35 heavy (non-hydrogen) atoms. The van der Waals surface area contributed by atoms with Crippen LogP contribution in [0.2, 0.25) is 0 Å². The Bertz CT molecular complexity index is 1370. The molecular weight excluding hydrogens is 436 g/mol. The summed E-state index contributed by atoms with van der Waals surface area (Å²) >= 11 is 0. The average molecular weight is 469 g/mol. The van der Waals surface area contributed by atoms with Crippen molar-refractivity contribution in [2.45, 2.75) is 48.1 Å². The van der Waals surface area contributed by atoms with Gasteiger partial charge in [0, 0.05) is 17.1 Å². The van der Waals surface area contributed by atoms with Gasteiger partial charge in [-0.05, 0) is 75.9 Å². The lowest BCUT2D eigenvalue weighted by Crippen LogP contribution is -2.24. The van der Waals surface area contributed by atoms with E-state index in [0.29, 0.717) is 23.4 Å². The summed E-state index contributed by atoms with van der Waals surface area (Å²) in [6, 6.07) is 16.4. The SMILES string of the molecule is COC(=O)C1=C(C)N(Cc2ccc(C)cc2)C(=O)/C1=C\c1cc(C)n(-c2c(C)cccc2C)c1C. The summed E-state index contributed by atoms with van der Waals surface area (Å²) in [5.41, 5.74) is 9.93. The first-order valence-corrected chi connectivity index (χ1v) is 11.8. The maximum atomic E-state index is 13.6. The topological polar surface area (TPSA) is 51.5 Å². The van der Waals surface area contributed by atoms with Gasteiger partial charge in [-0.1, -0.05) is 48.0 Å². The lowest BCUT2D eigenvalue weighted by Gasteiger charge is -2.18. The predicted molar refractivity (Wildman–Crippen MR) is 139 cm³/mol. The molecule has 2 aromatic carbocycles. The van der Waals surface area contributed by atoms with Gasteiger partial charge in [-0.3, -0.25) is 4.79 Å². The van der Waals surface area contributed by atoms with E-state index in [1.165, 1.54) is 18.2 Å². The smallest absolute Gasteiger partial charge is 0.340 e. The van der Waals surface area contributed by atoms with Crippen LogP contribution >= 0.6 is 0 Å². The van der Waals surface area contributed by atoms with Gasteiger partial charge in [-0.2, -0.15) is 0 Å². The van der Waals surface area contributed by atoms with Gasteiger partial charge in [-0.25, -0.2) is 4.79 Å². The first kappa shape index (κ1) is 24.3. The first-order chi connectivity index (χ1) is 16.6. The number of allylic oxidation sites excluding steroid dienone is 1. The van der Waals surface area contributed by atoms with Crippen molar-refractivity contribution < 1.29 is 14.3 Å². The van der Waals surface area contributed by atoms with E-state index < -0.39 is 5.97 Å². The number of rotatable bonds is 5. The minimum absolute atomic E-state index is 0.194. The molecule has 0 fully saturated rings. The normalized spacial score (nSPS) is 14.9. The van der Waals surface area contributed by atoms with Gasteiger partial charge < -0.3 is 14.2 Å². The second-order valence-corrected chi connectivity index (χ2v) is 9.29. The zero-order chi connectivity index (χ0) is 25.4. The molecule has 1 amide bonds. The van der Waals surface area contributed by atoms with Crippen molar-refractivity contribution in [2.75, 3.05) is 7.11 Å². The molecule has 5 heteroatoms. The molecule has 0 aliphatic carbocycles. The number of carbonyl (C=O) groups excluding carboxylic acids is 2. The molecular formula is C30H32N2O3. The summed E-state index contributed by atoms with van der Waals surface area (Å²) in [6.45, 7) is 12.5. The number of hydrogen-bond donors (Lipinski definition) is 0. The maximum Gasteiger partial charge on any atom is 0.340 e. The van der Waals surface area contributed by atoms with Crippen molar-refractivity contribution in [2.24, 2.45) is 0 Å². The molecule has 180 valence electrons. The molecule has 0 saturated heterocycles. The highest BCUT2D eigenvalue weighted by molar-refractivity contribution is 6.16. The van der Waals surface area contributed by atoms with E-state index in [1.807, 2.05) is 44.2 Å². The molecule has 1 aromatic heterocycles. The van der Waals surface area contributed by atoms with Crippen molar-refractivity contribution in [1.29, 1.82) is 0 Å². The number of aryl methyl sites for hydroxylation is 4. The van der Waals surface area contributed by atoms with E-state index in [0.717, 1.165) is 33.8 Å². The van der Waals surface area contributed by atoms with Crippen LogP contribution in [0, 0.1) is 34.6 Å². The number of esters is 1. The Morgan fingerprint density at radius 1 is 0.943 bits per heavy atom. The number of hydrogen-bond acceptors (Lipinski definition) is 3. The van der Waals surface area contributed by atoms with Gasteiger partial charge in [0.05, 0.1) is 30.5 Å². The van der Waals surface area contributed by atoms with Gasteiger partial charge in [0.25, 0.3) is 5.91 Å². The molecule has 0 unspecified atom stereocenters. The number of ether oxygens (including phenoxy) is 1. The fourth-order valence-corrected chi connectivity index (χ4v) is 4.89. The van der Waals surface area contributed by atoms with Crippen molar-refractivity contribution in [3.8, 4) is 5.69 Å². The van der Waals surface area contributed by atoms with Gasteiger partial charge in [0.1, 0.15) is 0 Å². The van der Waals surface area contributed by atoms with Gasteiger partial charge in [0.2, 0.25) is 0 Å². The number of nitrogens with zero attached hydrogens (tertiary/aromatic N) is 2. The quantitative estimate of drug-likeness (QED) is 0.346. The van der Waals surface area contributed by atoms with Crippen LogP contribution < -0.4 is 0 Å². The second kappa shape index (κ2) is 9.41. The second-order valence-electron chi connectivity index (χ2n) is 9.29. The molecule has 0 N–H and O–H groups in total. The minimum atomic E-state index is -0.503. The third kappa shape index (κ3) is 4.34. The van der Waals surface area contributed by atoms with Crippen LogP contribution in [0.5, 0.6) is 0 Å². The molecule has 0 saturated carbocycles. The third-order valence-electron chi connectivity index (χ3n) is 6.80. The van der Waals surface area contributed by atoms with Crippen molar-refractivity contribution in [3.63, 3.8) is 0 Å². The lowest BCUT2D eigenvalue weighted by atomic mass is 10.0. The van der Waals surface area contributed by atoms with Crippen LogP contribution in [0.3, 0.4) is 0 Å². The summed E-state index contributed by atoms with van der Waals surface area (Å²) < 4.78 is 7.29. The van der Waals surface area contributed by atoms with Crippen LogP contribution in [-0.4, -0.2) is 28.5 Å². The molecule has 5 nitrogen and oxygen atoms in total. The van der Waals surface area contributed by atoms with Gasteiger partial charge >= 0.3 is 5.97 Å². The highest BCUT2D eigenvalue weighted by atomic mass is 16.5. The van der Waals surface area contributed by atoms with Gasteiger partial charge in [-0.15, -0.1) is 0 Å². The molecule has 0 bridgehead atoms. The first-order valence-electron chi connectivity index (χ1n) is 11.8. The molecule has 0 spiro atoms. The number of para-hydroxylation sites is 1. The zero-order valence-electron chi connectivity index (χ0n) is 21.5. The van der Waals surface area contributed by atoms with Crippen LogP contribution in [0.4, 0.5) is 0 Å². The molecule has 2 heterocycles. The van der Waals surface area contributed by atoms with Crippen LogP contribution in [0.15, 0.2) is 65.4 Å². The Labute approximate surface area is 207 Å². The summed E-state index contributed by atoms with van der Waals surface area (Å²) in [5, 5.41) is 0. The van der Waals surface area contributed by atoms with E-state index >= 15 is 0 Å². The fraction of sp³-hybridized carbons (Fsp3) is 0.267. The summed E-state index contributed by atoms with van der Waals surface area (Å²) in [6.07, 6.45) is 1.83. The van der Waals surface area contributed by atoms with Crippen LogP contribution in [0.25, 0.3) is 11.8 Å². The zero-order valence-corrected chi connectivity index (χ0v) is 21.5.